The van der Waals surface area contributed by atoms with Crippen LogP contribution in [0.1, 0.15) is 0 Å². The molecule has 0 aliphatic rings. The Hall–Kier alpha value is -9.78. The number of hydrogen-bond acceptors (Lipinski definition) is 0. The molecule has 6 nitrogen and oxygen atoms in total. The van der Waals surface area contributed by atoms with Crippen molar-refractivity contribution in [2.45, 2.75) is 0 Å². The van der Waals surface area contributed by atoms with E-state index >= 15 is 0 Å². The predicted octanol–water partition coefficient (Wildman–Crippen LogP) is 16.8. The van der Waals surface area contributed by atoms with Gasteiger partial charge in [0.25, 0.3) is 0 Å². The molecule has 6 aromatic heterocycles. The number of aromatic nitrogens is 6. The van der Waals surface area contributed by atoms with Gasteiger partial charge in [-0.05, 0) is 97.1 Å². The van der Waals surface area contributed by atoms with E-state index in [9.17, 15) is 0 Å². The molecule has 0 amide bonds. The van der Waals surface area contributed by atoms with Crippen molar-refractivity contribution in [3.05, 3.63) is 255 Å². The van der Waals surface area contributed by atoms with Crippen LogP contribution in [0.2, 0.25) is 0 Å². The zero-order valence-electron chi connectivity index (χ0n) is 38.9. The average Bonchev–Trinajstić information content (AvgIpc) is 4.28. The smallest absolute Gasteiger partial charge is 0.131 e. The zero-order chi connectivity index (χ0) is 47.0. The highest BCUT2D eigenvalue weighted by molar-refractivity contribution is 6.26. The Labute approximate surface area is 412 Å². The van der Waals surface area contributed by atoms with Gasteiger partial charge in [-0.25, -0.2) is 0 Å². The lowest BCUT2D eigenvalue weighted by molar-refractivity contribution is 1.05. The molecule has 0 aliphatic carbocycles. The second-order valence-corrected chi connectivity index (χ2v) is 18.9. The predicted molar refractivity (Wildman–Crippen MR) is 300 cm³/mol. The molecule has 0 bridgehead atoms. The Bertz CT molecular complexity index is 4520. The summed E-state index contributed by atoms with van der Waals surface area (Å²) in [5, 5.41) is 11.0. The quantitative estimate of drug-likeness (QED) is 0.159. The fraction of sp³-hybridized carbons (Fsp3) is 0. The van der Waals surface area contributed by atoms with Crippen LogP contribution in [0.5, 0.6) is 0 Å². The summed E-state index contributed by atoms with van der Waals surface area (Å²) in [5.74, 6) is 0. The van der Waals surface area contributed by atoms with Gasteiger partial charge in [0.1, 0.15) is 16.9 Å². The van der Waals surface area contributed by atoms with Crippen molar-refractivity contribution in [3.8, 4) is 34.1 Å². The van der Waals surface area contributed by atoms with Gasteiger partial charge in [-0.2, -0.15) is 0 Å². The van der Waals surface area contributed by atoms with E-state index in [4.69, 9.17) is 0 Å². The maximum atomic E-state index is 2.51. The topological polar surface area (TPSA) is 29.6 Å². The number of hydrogen-bond donors (Lipinski definition) is 0. The van der Waals surface area contributed by atoms with Crippen LogP contribution in [-0.2, 0) is 0 Å². The van der Waals surface area contributed by atoms with Gasteiger partial charge in [0, 0.05) is 82.6 Å². The summed E-state index contributed by atoms with van der Waals surface area (Å²) in [7, 11) is 0. The first-order chi connectivity index (χ1) is 35.8. The number of nitrogens with zero attached hydrogens (tertiary/aromatic N) is 6. The monoisotopic (exact) mass is 918 g/mol. The molecule has 0 atom stereocenters. The first-order valence-corrected chi connectivity index (χ1v) is 24.7. The Balaban J connectivity index is 1.02. The molecule has 0 radical (unpaired) electrons. The normalized spacial score (nSPS) is 12.2. The van der Waals surface area contributed by atoms with E-state index in [1.54, 1.807) is 0 Å². The molecule has 0 unspecified atom stereocenters. The Morgan fingerprint density at radius 2 is 0.389 bits per heavy atom. The molecule has 10 aromatic carbocycles. The van der Waals surface area contributed by atoms with E-state index < -0.39 is 0 Å². The lowest BCUT2D eigenvalue weighted by Crippen LogP contribution is -2.04. The summed E-state index contributed by atoms with van der Waals surface area (Å²) in [6, 6.07) is 93.1. The van der Waals surface area contributed by atoms with Crippen LogP contribution in [0.25, 0.3) is 133 Å². The van der Waals surface area contributed by atoms with E-state index in [0.29, 0.717) is 0 Å². The van der Waals surface area contributed by atoms with Crippen molar-refractivity contribution in [2.24, 2.45) is 0 Å². The zero-order valence-corrected chi connectivity index (χ0v) is 38.9. The number of rotatable bonds is 6. The minimum absolute atomic E-state index is 1.09. The molecule has 0 fully saturated rings. The largest absolute Gasteiger partial charge is 0.295 e. The molecule has 0 spiro atoms. The molecule has 0 aliphatic heterocycles. The van der Waals surface area contributed by atoms with Gasteiger partial charge in [-0.3, -0.25) is 27.4 Å². The van der Waals surface area contributed by atoms with Crippen LogP contribution in [0.4, 0.5) is 0 Å². The molecule has 6 heteroatoms. The van der Waals surface area contributed by atoms with Gasteiger partial charge in [-0.1, -0.05) is 158 Å². The highest BCUT2D eigenvalue weighted by atomic mass is 15.2. The second kappa shape index (κ2) is 14.9. The van der Waals surface area contributed by atoms with Crippen molar-refractivity contribution in [1.29, 1.82) is 0 Å². The highest BCUT2D eigenvalue weighted by Gasteiger charge is 2.27. The molecule has 6 heterocycles. The highest BCUT2D eigenvalue weighted by Crippen LogP contribution is 2.46. The molecule has 0 saturated heterocycles. The Kier molecular flexibility index (Phi) is 8.07. The Morgan fingerprint density at radius 3 is 0.681 bits per heavy atom. The molecular formula is C66H42N6. The third-order valence-electron chi connectivity index (χ3n) is 15.2. The van der Waals surface area contributed by atoms with Gasteiger partial charge in [0.05, 0.1) is 33.1 Å². The molecule has 16 aromatic rings. The minimum atomic E-state index is 1.09. The van der Waals surface area contributed by atoms with Crippen LogP contribution in [-0.4, -0.2) is 27.4 Å². The molecule has 0 saturated carbocycles. The van der Waals surface area contributed by atoms with E-state index in [1.807, 2.05) is 0 Å². The fourth-order valence-corrected chi connectivity index (χ4v) is 12.3. The number of para-hydroxylation sites is 8. The molecule has 16 rings (SSSR count). The van der Waals surface area contributed by atoms with Crippen molar-refractivity contribution < 1.29 is 0 Å². The van der Waals surface area contributed by atoms with Crippen molar-refractivity contribution in [1.82, 2.24) is 27.4 Å². The fourth-order valence-electron chi connectivity index (χ4n) is 12.3. The van der Waals surface area contributed by atoms with Crippen molar-refractivity contribution >= 4 is 98.5 Å². The summed E-state index contributed by atoms with van der Waals surface area (Å²) in [4.78, 5) is 0. The Morgan fingerprint density at radius 1 is 0.167 bits per heavy atom. The van der Waals surface area contributed by atoms with Gasteiger partial charge in [0.2, 0.25) is 0 Å². The lowest BCUT2D eigenvalue weighted by atomic mass is 10.1. The first-order valence-electron chi connectivity index (χ1n) is 24.7. The van der Waals surface area contributed by atoms with E-state index in [-0.39, 0.29) is 0 Å². The van der Waals surface area contributed by atoms with Crippen molar-refractivity contribution in [2.75, 3.05) is 0 Å². The van der Waals surface area contributed by atoms with E-state index in [1.165, 1.54) is 59.5 Å². The maximum absolute atomic E-state index is 2.51. The summed E-state index contributed by atoms with van der Waals surface area (Å²) in [5.41, 5.74) is 17.1. The van der Waals surface area contributed by atoms with Gasteiger partial charge in [-0.15, -0.1) is 0 Å². The molecule has 72 heavy (non-hydrogen) atoms. The van der Waals surface area contributed by atoms with Crippen LogP contribution in [0.3, 0.4) is 0 Å². The maximum Gasteiger partial charge on any atom is 0.131 e. The average molecular weight is 919 g/mol. The van der Waals surface area contributed by atoms with Crippen LogP contribution in [0.15, 0.2) is 255 Å². The van der Waals surface area contributed by atoms with Crippen molar-refractivity contribution in [3.63, 3.8) is 0 Å². The summed E-state index contributed by atoms with van der Waals surface area (Å²) < 4.78 is 14.8. The third kappa shape index (κ3) is 5.27. The summed E-state index contributed by atoms with van der Waals surface area (Å²) >= 11 is 0. The standard InChI is InChI=1S/C66H42N6/c1-5-21-43(22-6-1)67-55-33-17-13-29-49(55)62-53-39-37-47(41-59(53)69(64(62)67)45-25-9-3-10-26-45)71-57-35-19-15-31-51(57)61-52-32-16-20-36-58(52)72(66(61)71)48-38-40-54-60(42-48)70(46-27-11-4-12-28-46)65-63(54)50-30-14-18-34-56(50)68(65)44-23-7-2-8-24-44/h1-42H. The second-order valence-electron chi connectivity index (χ2n) is 18.9. The van der Waals surface area contributed by atoms with Crippen LogP contribution < -0.4 is 0 Å². The molecule has 336 valence electrons. The van der Waals surface area contributed by atoms with Gasteiger partial charge >= 0.3 is 0 Å². The van der Waals surface area contributed by atoms with Gasteiger partial charge in [0.15, 0.2) is 0 Å². The molecule has 0 N–H and O–H groups in total. The SMILES string of the molecule is c1ccc(-n2c3ccccc3c3c4ccc(-n5c6ccccc6c6c7ccccc7n(-c7ccc8c9c%10ccccc%10n(-c%10ccccc%10)c9n(-c9ccccc9)c8c7)c65)cc4n(-c4ccccc4)c32)cc1. The summed E-state index contributed by atoms with van der Waals surface area (Å²) in [6.07, 6.45) is 0. The lowest BCUT2D eigenvalue weighted by Gasteiger charge is -2.16. The van der Waals surface area contributed by atoms with Crippen LogP contribution in [0, 0.1) is 0 Å². The number of benzene rings is 10. The van der Waals surface area contributed by atoms with E-state index in [2.05, 4.69) is 282 Å². The molecular weight excluding hydrogens is 877 g/mol. The first kappa shape index (κ1) is 39.1. The summed E-state index contributed by atoms with van der Waals surface area (Å²) in [6.45, 7) is 0. The number of fused-ring (bicyclic) bond motifs is 15. The van der Waals surface area contributed by atoms with Crippen LogP contribution >= 0.6 is 0 Å². The third-order valence-corrected chi connectivity index (χ3v) is 15.2. The minimum Gasteiger partial charge on any atom is -0.295 e. The van der Waals surface area contributed by atoms with E-state index in [0.717, 1.165) is 73.1 Å². The van der Waals surface area contributed by atoms with Gasteiger partial charge < -0.3 is 0 Å².